The van der Waals surface area contributed by atoms with Gasteiger partial charge in [-0.2, -0.15) is 0 Å². The first kappa shape index (κ1) is 18.9. The van der Waals surface area contributed by atoms with Gasteiger partial charge in [0, 0.05) is 37.9 Å². The van der Waals surface area contributed by atoms with Crippen LogP contribution in [0.1, 0.15) is 5.82 Å². The molecule has 0 bridgehead atoms. The number of fused-ring (bicyclic) bond motifs is 1. The van der Waals surface area contributed by atoms with Crippen LogP contribution in [0.3, 0.4) is 0 Å². The van der Waals surface area contributed by atoms with E-state index in [-0.39, 0.29) is 11.6 Å². The fraction of sp³-hybridized carbons (Fsp3) is 0.286. The molecule has 0 aliphatic carbocycles. The van der Waals surface area contributed by atoms with Crippen LogP contribution in [-0.4, -0.2) is 59.1 Å². The smallest absolute Gasteiger partial charge is 0.321 e. The first-order valence-corrected chi connectivity index (χ1v) is 9.52. The minimum absolute atomic E-state index is 0.123. The van der Waals surface area contributed by atoms with Crippen LogP contribution in [0.5, 0.6) is 5.75 Å². The first-order valence-electron chi connectivity index (χ1n) is 9.52. The molecule has 4 rings (SSSR count). The second kappa shape index (κ2) is 8.32. The molecule has 8 heteroatoms. The zero-order valence-corrected chi connectivity index (χ0v) is 16.2. The number of hydrogen-bond acceptors (Lipinski definition) is 5. The number of urea groups is 1. The normalized spacial score (nSPS) is 14.7. The lowest BCUT2D eigenvalue weighted by molar-refractivity contribution is 0.141. The standard InChI is InChI=1S/C21H23N5O3/c1-29-16-6-4-5-15(13-16)22-21(28)26-11-9-25(10-12-26)14-19-23-18-8-3-2-7-17(18)20(27)24-19/h2-8,13H,9-12,14H2,1H3,(H,22,28)(H,23,24,27). The predicted molar refractivity (Wildman–Crippen MR) is 111 cm³/mol. The summed E-state index contributed by atoms with van der Waals surface area (Å²) in [5, 5.41) is 3.50. The summed E-state index contributed by atoms with van der Waals surface area (Å²) in [6, 6.07) is 14.5. The van der Waals surface area contributed by atoms with Crippen molar-refractivity contribution >= 4 is 22.6 Å². The highest BCUT2D eigenvalue weighted by atomic mass is 16.5. The summed E-state index contributed by atoms with van der Waals surface area (Å²) >= 11 is 0. The Morgan fingerprint density at radius 1 is 1.14 bits per heavy atom. The van der Waals surface area contributed by atoms with Gasteiger partial charge < -0.3 is 19.9 Å². The van der Waals surface area contributed by atoms with Crippen molar-refractivity contribution in [2.45, 2.75) is 6.54 Å². The number of carbonyl (C=O) groups is 1. The Balaban J connectivity index is 1.34. The molecule has 0 saturated carbocycles. The maximum absolute atomic E-state index is 12.5. The van der Waals surface area contributed by atoms with Gasteiger partial charge >= 0.3 is 6.03 Å². The van der Waals surface area contributed by atoms with Crippen molar-refractivity contribution < 1.29 is 9.53 Å². The Morgan fingerprint density at radius 2 is 1.93 bits per heavy atom. The lowest BCUT2D eigenvalue weighted by Gasteiger charge is -2.34. The zero-order chi connectivity index (χ0) is 20.2. The summed E-state index contributed by atoms with van der Waals surface area (Å²) in [7, 11) is 1.60. The molecule has 3 aromatic rings. The number of ether oxygens (including phenoxy) is 1. The van der Waals surface area contributed by atoms with Gasteiger partial charge in [-0.05, 0) is 24.3 Å². The van der Waals surface area contributed by atoms with Crippen LogP contribution in [-0.2, 0) is 6.54 Å². The van der Waals surface area contributed by atoms with Gasteiger partial charge in [0.25, 0.3) is 5.56 Å². The summed E-state index contributed by atoms with van der Waals surface area (Å²) in [5.41, 5.74) is 1.28. The van der Waals surface area contributed by atoms with Crippen LogP contribution in [0.4, 0.5) is 10.5 Å². The van der Waals surface area contributed by atoms with Gasteiger partial charge in [-0.1, -0.05) is 18.2 Å². The summed E-state index contributed by atoms with van der Waals surface area (Å²) in [6.07, 6.45) is 0. The largest absolute Gasteiger partial charge is 0.497 e. The third kappa shape index (κ3) is 4.38. The van der Waals surface area contributed by atoms with E-state index >= 15 is 0 Å². The molecule has 8 nitrogen and oxygen atoms in total. The predicted octanol–water partition coefficient (Wildman–Crippen LogP) is 2.28. The average Bonchev–Trinajstić information content (AvgIpc) is 2.74. The molecule has 0 unspecified atom stereocenters. The molecule has 0 radical (unpaired) electrons. The minimum Gasteiger partial charge on any atom is -0.497 e. The van der Waals surface area contributed by atoms with Crippen LogP contribution >= 0.6 is 0 Å². The van der Waals surface area contributed by atoms with Gasteiger partial charge in [-0.15, -0.1) is 0 Å². The molecule has 2 amide bonds. The number of nitrogens with zero attached hydrogens (tertiary/aromatic N) is 3. The number of amides is 2. The molecule has 0 spiro atoms. The van der Waals surface area contributed by atoms with Gasteiger partial charge in [0.15, 0.2) is 0 Å². The number of para-hydroxylation sites is 1. The van der Waals surface area contributed by atoms with Gasteiger partial charge in [0.2, 0.25) is 0 Å². The van der Waals surface area contributed by atoms with Crippen molar-refractivity contribution in [3.8, 4) is 5.75 Å². The molecule has 150 valence electrons. The second-order valence-electron chi connectivity index (χ2n) is 6.96. The molecule has 2 N–H and O–H groups in total. The molecule has 1 aliphatic rings. The topological polar surface area (TPSA) is 90.6 Å². The summed E-state index contributed by atoms with van der Waals surface area (Å²) in [6.45, 7) is 3.18. The Hall–Kier alpha value is -3.39. The molecule has 29 heavy (non-hydrogen) atoms. The third-order valence-corrected chi connectivity index (χ3v) is 5.02. The van der Waals surface area contributed by atoms with Gasteiger partial charge in [0.05, 0.1) is 24.6 Å². The monoisotopic (exact) mass is 393 g/mol. The molecule has 2 aromatic carbocycles. The van der Waals surface area contributed by atoms with Crippen LogP contribution in [0.15, 0.2) is 53.3 Å². The molecule has 2 heterocycles. The molecule has 1 saturated heterocycles. The van der Waals surface area contributed by atoms with Crippen LogP contribution < -0.4 is 15.6 Å². The van der Waals surface area contributed by atoms with E-state index in [1.807, 2.05) is 36.4 Å². The van der Waals surface area contributed by atoms with Crippen LogP contribution in [0.2, 0.25) is 0 Å². The Kier molecular flexibility index (Phi) is 5.44. The van der Waals surface area contributed by atoms with Crippen molar-refractivity contribution in [2.75, 3.05) is 38.6 Å². The SMILES string of the molecule is COc1cccc(NC(=O)N2CCN(Cc3nc4ccccc4c(=O)[nH]3)CC2)c1. The lowest BCUT2D eigenvalue weighted by Crippen LogP contribution is -2.49. The van der Waals surface area contributed by atoms with E-state index in [9.17, 15) is 9.59 Å². The van der Waals surface area contributed by atoms with E-state index in [0.717, 1.165) is 0 Å². The van der Waals surface area contributed by atoms with Crippen molar-refractivity contribution in [3.63, 3.8) is 0 Å². The first-order chi connectivity index (χ1) is 14.1. The molecule has 0 atom stereocenters. The number of piperazine rings is 1. The molecular formula is C21H23N5O3. The van der Waals surface area contributed by atoms with Gasteiger partial charge in [-0.3, -0.25) is 9.69 Å². The number of carbonyl (C=O) groups excluding carboxylic acids is 1. The van der Waals surface area contributed by atoms with E-state index in [0.29, 0.717) is 60.9 Å². The van der Waals surface area contributed by atoms with Gasteiger partial charge in [-0.25, -0.2) is 9.78 Å². The number of methoxy groups -OCH3 is 1. The fourth-order valence-electron chi connectivity index (χ4n) is 3.43. The summed E-state index contributed by atoms with van der Waals surface area (Å²) in [4.78, 5) is 36.1. The van der Waals surface area contributed by atoms with Crippen molar-refractivity contribution in [3.05, 3.63) is 64.7 Å². The Bertz CT molecular complexity index is 1070. The zero-order valence-electron chi connectivity index (χ0n) is 16.2. The maximum atomic E-state index is 12.5. The van der Waals surface area contributed by atoms with Crippen molar-refractivity contribution in [1.29, 1.82) is 0 Å². The summed E-state index contributed by atoms with van der Waals surface area (Å²) < 4.78 is 5.19. The number of hydrogen-bond donors (Lipinski definition) is 2. The highest BCUT2D eigenvalue weighted by Crippen LogP contribution is 2.17. The van der Waals surface area contributed by atoms with Crippen LogP contribution in [0, 0.1) is 0 Å². The van der Waals surface area contributed by atoms with Crippen LogP contribution in [0.25, 0.3) is 10.9 Å². The number of benzene rings is 2. The Morgan fingerprint density at radius 3 is 2.72 bits per heavy atom. The Labute approximate surface area is 168 Å². The lowest BCUT2D eigenvalue weighted by atomic mass is 10.2. The number of aromatic nitrogens is 2. The number of aromatic amines is 1. The molecule has 1 fully saturated rings. The minimum atomic E-state index is -0.129. The highest BCUT2D eigenvalue weighted by Gasteiger charge is 2.22. The van der Waals surface area contributed by atoms with Crippen molar-refractivity contribution in [1.82, 2.24) is 19.8 Å². The fourth-order valence-corrected chi connectivity index (χ4v) is 3.43. The molecule has 1 aromatic heterocycles. The number of H-pyrrole nitrogens is 1. The highest BCUT2D eigenvalue weighted by molar-refractivity contribution is 5.89. The van der Waals surface area contributed by atoms with E-state index < -0.39 is 0 Å². The summed E-state index contributed by atoms with van der Waals surface area (Å²) in [5.74, 6) is 1.34. The quantitative estimate of drug-likeness (QED) is 0.710. The maximum Gasteiger partial charge on any atom is 0.321 e. The molecular weight excluding hydrogens is 370 g/mol. The average molecular weight is 393 g/mol. The van der Waals surface area contributed by atoms with Crippen molar-refractivity contribution in [2.24, 2.45) is 0 Å². The van der Waals surface area contributed by atoms with Gasteiger partial charge in [0.1, 0.15) is 11.6 Å². The van der Waals surface area contributed by atoms with E-state index in [1.54, 1.807) is 24.1 Å². The van der Waals surface area contributed by atoms with E-state index in [1.165, 1.54) is 0 Å². The second-order valence-corrected chi connectivity index (χ2v) is 6.96. The number of nitrogens with one attached hydrogen (secondary N) is 2. The number of anilines is 1. The van der Waals surface area contributed by atoms with E-state index in [4.69, 9.17) is 4.74 Å². The third-order valence-electron chi connectivity index (χ3n) is 5.02. The number of rotatable bonds is 4. The molecule has 1 aliphatic heterocycles. The van der Waals surface area contributed by atoms with E-state index in [2.05, 4.69) is 20.2 Å².